The molecule has 0 aliphatic carbocycles. The summed E-state index contributed by atoms with van der Waals surface area (Å²) in [6.07, 6.45) is 1.21. The highest BCUT2D eigenvalue weighted by Gasteiger charge is 2.05. The van der Waals surface area contributed by atoms with E-state index in [-0.39, 0.29) is 0 Å². The average molecular weight is 316 g/mol. The van der Waals surface area contributed by atoms with Crippen LogP contribution in [-0.4, -0.2) is 14.7 Å². The summed E-state index contributed by atoms with van der Waals surface area (Å²) in [5.41, 5.74) is 1.05. The first-order valence-corrected chi connectivity index (χ1v) is 8.78. The number of halogens is 1. The highest BCUT2D eigenvalue weighted by atomic mass is 35.5. The maximum atomic E-state index is 11.3. The van der Waals surface area contributed by atoms with Crippen molar-refractivity contribution in [2.45, 2.75) is 18.0 Å². The van der Waals surface area contributed by atoms with Gasteiger partial charge in [-0.3, -0.25) is 0 Å². The Morgan fingerprint density at radius 1 is 1.11 bits per heavy atom. The molecular weight excluding hydrogens is 302 g/mol. The van der Waals surface area contributed by atoms with Crippen molar-refractivity contribution in [3.05, 3.63) is 51.2 Å². The Kier molecular flexibility index (Phi) is 4.62. The van der Waals surface area contributed by atoms with E-state index in [0.29, 0.717) is 11.4 Å². The molecule has 19 heavy (non-hydrogen) atoms. The van der Waals surface area contributed by atoms with Crippen LogP contribution in [0, 0.1) is 0 Å². The van der Waals surface area contributed by atoms with E-state index >= 15 is 0 Å². The highest BCUT2D eigenvalue weighted by molar-refractivity contribution is 7.90. The van der Waals surface area contributed by atoms with Crippen LogP contribution in [0.25, 0.3) is 0 Å². The summed E-state index contributed by atoms with van der Waals surface area (Å²) in [5.74, 6) is 0. The second kappa shape index (κ2) is 6.05. The molecule has 0 radical (unpaired) electrons. The van der Waals surface area contributed by atoms with Gasteiger partial charge in [0, 0.05) is 24.2 Å². The molecule has 0 amide bonds. The van der Waals surface area contributed by atoms with Gasteiger partial charge in [-0.15, -0.1) is 11.3 Å². The van der Waals surface area contributed by atoms with E-state index in [1.54, 1.807) is 23.5 Å². The number of hydrogen-bond acceptors (Lipinski definition) is 4. The van der Waals surface area contributed by atoms with Crippen molar-refractivity contribution in [2.75, 3.05) is 6.26 Å². The lowest BCUT2D eigenvalue weighted by Gasteiger charge is -2.04. The zero-order valence-electron chi connectivity index (χ0n) is 10.4. The fourth-order valence-corrected chi connectivity index (χ4v) is 3.32. The van der Waals surface area contributed by atoms with Crippen molar-refractivity contribution in [3.8, 4) is 0 Å². The van der Waals surface area contributed by atoms with E-state index in [1.807, 2.05) is 24.3 Å². The van der Waals surface area contributed by atoms with Crippen molar-refractivity contribution < 1.29 is 8.42 Å². The van der Waals surface area contributed by atoms with Gasteiger partial charge in [0.15, 0.2) is 9.84 Å². The monoisotopic (exact) mass is 315 g/mol. The Labute approximate surface area is 122 Å². The summed E-state index contributed by atoms with van der Waals surface area (Å²) in [6.45, 7) is 1.45. The van der Waals surface area contributed by atoms with Crippen LogP contribution in [0.5, 0.6) is 0 Å². The number of nitrogens with one attached hydrogen (secondary N) is 1. The molecule has 0 saturated carbocycles. The third-order valence-corrected chi connectivity index (χ3v) is 4.97. The molecule has 1 N–H and O–H groups in total. The second-order valence-electron chi connectivity index (χ2n) is 4.23. The molecule has 102 valence electrons. The van der Waals surface area contributed by atoms with Gasteiger partial charge >= 0.3 is 0 Å². The predicted octanol–water partition coefficient (Wildman–Crippen LogP) is 3.09. The summed E-state index contributed by atoms with van der Waals surface area (Å²) in [5, 5.41) is 3.29. The minimum atomic E-state index is -3.11. The van der Waals surface area contributed by atoms with Gasteiger partial charge < -0.3 is 5.32 Å². The van der Waals surface area contributed by atoms with E-state index in [4.69, 9.17) is 11.6 Å². The SMILES string of the molecule is CS(=O)(=O)c1ccc(CNCc2ccc(Cl)s2)cc1. The molecule has 0 saturated heterocycles. The Morgan fingerprint density at radius 2 is 1.79 bits per heavy atom. The minimum Gasteiger partial charge on any atom is -0.308 e. The molecule has 1 aromatic heterocycles. The predicted molar refractivity (Wildman–Crippen MR) is 79.4 cm³/mol. The zero-order chi connectivity index (χ0) is 13.9. The van der Waals surface area contributed by atoms with Crippen molar-refractivity contribution in [1.29, 1.82) is 0 Å². The lowest BCUT2D eigenvalue weighted by molar-refractivity contribution is 0.602. The maximum absolute atomic E-state index is 11.3. The summed E-state index contributed by atoms with van der Waals surface area (Å²) < 4.78 is 23.4. The summed E-state index contributed by atoms with van der Waals surface area (Å²) >= 11 is 7.40. The van der Waals surface area contributed by atoms with Crippen LogP contribution in [0.15, 0.2) is 41.3 Å². The largest absolute Gasteiger partial charge is 0.308 e. The lowest BCUT2D eigenvalue weighted by Crippen LogP contribution is -2.11. The summed E-state index contributed by atoms with van der Waals surface area (Å²) in [6, 6.07) is 10.8. The van der Waals surface area contributed by atoms with Gasteiger partial charge in [0.1, 0.15) is 0 Å². The van der Waals surface area contributed by atoms with Crippen molar-refractivity contribution in [3.63, 3.8) is 0 Å². The van der Waals surface area contributed by atoms with Crippen LogP contribution in [0.3, 0.4) is 0 Å². The molecule has 0 bridgehead atoms. The van der Waals surface area contributed by atoms with Gasteiger partial charge in [0.05, 0.1) is 9.23 Å². The Morgan fingerprint density at radius 3 is 2.32 bits per heavy atom. The molecule has 1 aromatic carbocycles. The molecule has 0 spiro atoms. The lowest BCUT2D eigenvalue weighted by atomic mass is 10.2. The molecule has 1 heterocycles. The molecular formula is C13H14ClNO2S2. The Bertz CT molecular complexity index is 648. The Balaban J connectivity index is 1.90. The van der Waals surface area contributed by atoms with Crippen LogP contribution in [0.4, 0.5) is 0 Å². The van der Waals surface area contributed by atoms with E-state index in [2.05, 4.69) is 5.32 Å². The van der Waals surface area contributed by atoms with Gasteiger partial charge in [-0.05, 0) is 29.8 Å². The third kappa shape index (κ3) is 4.31. The zero-order valence-corrected chi connectivity index (χ0v) is 12.8. The number of hydrogen-bond donors (Lipinski definition) is 1. The number of sulfone groups is 1. The maximum Gasteiger partial charge on any atom is 0.175 e. The van der Waals surface area contributed by atoms with Crippen LogP contribution in [0.1, 0.15) is 10.4 Å². The topological polar surface area (TPSA) is 46.2 Å². The van der Waals surface area contributed by atoms with Crippen molar-refractivity contribution in [1.82, 2.24) is 5.32 Å². The van der Waals surface area contributed by atoms with Gasteiger partial charge in [0.2, 0.25) is 0 Å². The smallest absolute Gasteiger partial charge is 0.175 e. The average Bonchev–Trinajstić information content (AvgIpc) is 2.75. The number of thiophene rings is 1. The molecule has 0 unspecified atom stereocenters. The third-order valence-electron chi connectivity index (χ3n) is 2.61. The van der Waals surface area contributed by atoms with Crippen LogP contribution in [0.2, 0.25) is 4.34 Å². The molecule has 0 aliphatic heterocycles. The molecule has 2 aromatic rings. The van der Waals surface area contributed by atoms with E-state index in [9.17, 15) is 8.42 Å². The van der Waals surface area contributed by atoms with E-state index < -0.39 is 9.84 Å². The quantitative estimate of drug-likeness (QED) is 0.922. The van der Waals surface area contributed by atoms with Crippen LogP contribution < -0.4 is 5.32 Å². The molecule has 0 aliphatic rings. The minimum absolute atomic E-state index is 0.348. The molecule has 6 heteroatoms. The van der Waals surface area contributed by atoms with Gasteiger partial charge in [-0.1, -0.05) is 23.7 Å². The van der Waals surface area contributed by atoms with Crippen molar-refractivity contribution in [2.24, 2.45) is 0 Å². The normalized spacial score (nSPS) is 11.7. The highest BCUT2D eigenvalue weighted by Crippen LogP contribution is 2.21. The second-order valence-corrected chi connectivity index (χ2v) is 8.04. The number of benzene rings is 1. The first-order chi connectivity index (χ1) is 8.95. The Hall–Kier alpha value is -0.880. The first kappa shape index (κ1) is 14.5. The van der Waals surface area contributed by atoms with Gasteiger partial charge in [-0.2, -0.15) is 0 Å². The fourth-order valence-electron chi connectivity index (χ4n) is 1.63. The van der Waals surface area contributed by atoms with Crippen LogP contribution >= 0.6 is 22.9 Å². The number of rotatable bonds is 5. The van der Waals surface area contributed by atoms with E-state index in [0.717, 1.165) is 16.4 Å². The van der Waals surface area contributed by atoms with Gasteiger partial charge in [-0.25, -0.2) is 8.42 Å². The summed E-state index contributed by atoms with van der Waals surface area (Å²) in [7, 11) is -3.11. The standard InChI is InChI=1S/C13H14ClNO2S2/c1-19(16,17)12-5-2-10(3-6-12)8-15-9-11-4-7-13(14)18-11/h2-7,15H,8-9H2,1H3. The fraction of sp³-hybridized carbons (Fsp3) is 0.231. The molecule has 0 fully saturated rings. The molecule has 3 nitrogen and oxygen atoms in total. The van der Waals surface area contributed by atoms with Crippen LogP contribution in [-0.2, 0) is 22.9 Å². The first-order valence-electron chi connectivity index (χ1n) is 5.69. The molecule has 0 atom stereocenters. The van der Waals surface area contributed by atoms with Crippen molar-refractivity contribution >= 4 is 32.8 Å². The van der Waals surface area contributed by atoms with Gasteiger partial charge in [0.25, 0.3) is 0 Å². The summed E-state index contributed by atoms with van der Waals surface area (Å²) in [4.78, 5) is 1.53. The molecule has 2 rings (SSSR count). The van der Waals surface area contributed by atoms with E-state index in [1.165, 1.54) is 11.1 Å².